The Morgan fingerprint density at radius 1 is 1.50 bits per heavy atom. The first-order chi connectivity index (χ1) is 8.70. The van der Waals surface area contributed by atoms with Crippen LogP contribution in [0.3, 0.4) is 0 Å². The van der Waals surface area contributed by atoms with E-state index < -0.39 is 0 Å². The quantitative estimate of drug-likeness (QED) is 0.788. The molecule has 2 aromatic rings. The molecule has 0 aliphatic carbocycles. The summed E-state index contributed by atoms with van der Waals surface area (Å²) in [5, 5.41) is 0. The fourth-order valence-corrected chi connectivity index (χ4v) is 2.80. The van der Waals surface area contributed by atoms with Crippen LogP contribution in [0.5, 0.6) is 5.75 Å². The number of benzene rings is 1. The fourth-order valence-electron chi connectivity index (χ4n) is 1.53. The Kier molecular flexibility index (Phi) is 4.49. The summed E-state index contributed by atoms with van der Waals surface area (Å²) < 4.78 is 6.48. The number of aromatic nitrogens is 1. The van der Waals surface area contributed by atoms with E-state index in [0.29, 0.717) is 12.2 Å². The number of ether oxygens (including phenoxy) is 1. The van der Waals surface area contributed by atoms with Gasteiger partial charge in [-0.25, -0.2) is 4.98 Å². The molecule has 0 aliphatic heterocycles. The van der Waals surface area contributed by atoms with Crippen LogP contribution in [0, 0.1) is 6.92 Å². The minimum absolute atomic E-state index is 0.599. The summed E-state index contributed by atoms with van der Waals surface area (Å²) in [5.41, 5.74) is 3.55. The Hall–Kier alpha value is -1.20. The predicted molar refractivity (Wildman–Crippen MR) is 75.6 cm³/mol. The monoisotopic (exact) mass is 325 g/mol. The molecule has 1 heterocycles. The van der Waals surface area contributed by atoms with Crippen LogP contribution in [0.15, 0.2) is 28.2 Å². The Bertz CT molecular complexity index is 554. The van der Waals surface area contributed by atoms with Crippen LogP contribution in [-0.4, -0.2) is 17.9 Å². The van der Waals surface area contributed by atoms with Gasteiger partial charge in [-0.15, -0.1) is 11.3 Å². The van der Waals surface area contributed by atoms with Gasteiger partial charge in [0.05, 0.1) is 22.3 Å². The summed E-state index contributed by atoms with van der Waals surface area (Å²) in [4.78, 5) is 16.1. The van der Waals surface area contributed by atoms with Crippen LogP contribution < -0.4 is 4.74 Å². The zero-order valence-corrected chi connectivity index (χ0v) is 12.3. The van der Waals surface area contributed by atoms with Gasteiger partial charge in [-0.1, -0.05) is 0 Å². The van der Waals surface area contributed by atoms with Crippen LogP contribution in [0.2, 0.25) is 0 Å². The van der Waals surface area contributed by atoms with E-state index in [1.165, 1.54) is 4.88 Å². The van der Waals surface area contributed by atoms with Crippen molar-refractivity contribution >= 4 is 33.6 Å². The predicted octanol–water partition coefficient (Wildman–Crippen LogP) is 3.65. The summed E-state index contributed by atoms with van der Waals surface area (Å²) in [7, 11) is 0. The third kappa shape index (κ3) is 3.17. The standard InChI is InChI=1S/C13H12BrNO2S/c1-9-13(18-8-15-9)4-5-17-12-3-2-10(7-16)6-11(12)14/h2-3,6-8H,4-5H2,1H3. The number of carbonyl (C=O) groups is 1. The minimum atomic E-state index is 0.599. The molecule has 0 saturated carbocycles. The number of carbonyl (C=O) groups excluding carboxylic acids is 1. The van der Waals surface area contributed by atoms with Gasteiger partial charge in [0.1, 0.15) is 12.0 Å². The van der Waals surface area contributed by atoms with Crippen molar-refractivity contribution in [2.24, 2.45) is 0 Å². The van der Waals surface area contributed by atoms with Crippen molar-refractivity contribution < 1.29 is 9.53 Å². The summed E-state index contributed by atoms with van der Waals surface area (Å²) in [6.45, 7) is 2.60. The molecule has 0 amide bonds. The number of aryl methyl sites for hydroxylation is 1. The lowest BCUT2D eigenvalue weighted by atomic mass is 10.2. The van der Waals surface area contributed by atoms with Crippen molar-refractivity contribution in [2.75, 3.05) is 6.61 Å². The van der Waals surface area contributed by atoms with Crippen LogP contribution in [0.25, 0.3) is 0 Å². The molecule has 1 aromatic carbocycles. The number of halogens is 1. The molecular weight excluding hydrogens is 314 g/mol. The van der Waals surface area contributed by atoms with Crippen molar-refractivity contribution in [3.8, 4) is 5.75 Å². The van der Waals surface area contributed by atoms with Gasteiger partial charge in [0.2, 0.25) is 0 Å². The molecule has 0 radical (unpaired) electrons. The van der Waals surface area contributed by atoms with Crippen molar-refractivity contribution in [1.82, 2.24) is 4.98 Å². The highest BCUT2D eigenvalue weighted by atomic mass is 79.9. The number of thiazole rings is 1. The zero-order chi connectivity index (χ0) is 13.0. The second-order valence-electron chi connectivity index (χ2n) is 3.77. The lowest BCUT2D eigenvalue weighted by Gasteiger charge is -2.08. The molecule has 5 heteroatoms. The van der Waals surface area contributed by atoms with Gasteiger partial charge in [0.15, 0.2) is 0 Å². The third-order valence-corrected chi connectivity index (χ3v) is 4.14. The molecule has 0 bridgehead atoms. The topological polar surface area (TPSA) is 39.2 Å². The first kappa shape index (κ1) is 13.2. The minimum Gasteiger partial charge on any atom is -0.492 e. The maximum absolute atomic E-state index is 10.6. The lowest BCUT2D eigenvalue weighted by molar-refractivity contribution is 0.112. The zero-order valence-electron chi connectivity index (χ0n) is 9.85. The molecule has 0 N–H and O–H groups in total. The van der Waals surface area contributed by atoms with E-state index >= 15 is 0 Å². The first-order valence-electron chi connectivity index (χ1n) is 5.47. The molecule has 0 spiro atoms. The lowest BCUT2D eigenvalue weighted by Crippen LogP contribution is -2.01. The first-order valence-corrected chi connectivity index (χ1v) is 7.14. The molecule has 18 heavy (non-hydrogen) atoms. The van der Waals surface area contributed by atoms with Gasteiger partial charge in [0.25, 0.3) is 0 Å². The highest BCUT2D eigenvalue weighted by Gasteiger charge is 2.04. The van der Waals surface area contributed by atoms with E-state index in [1.807, 2.05) is 12.4 Å². The Labute approximate surface area is 118 Å². The molecule has 0 fully saturated rings. The van der Waals surface area contributed by atoms with E-state index in [2.05, 4.69) is 20.9 Å². The SMILES string of the molecule is Cc1ncsc1CCOc1ccc(C=O)cc1Br. The maximum Gasteiger partial charge on any atom is 0.150 e. The van der Waals surface area contributed by atoms with Gasteiger partial charge in [-0.2, -0.15) is 0 Å². The molecule has 2 rings (SSSR count). The van der Waals surface area contributed by atoms with Gasteiger partial charge in [0, 0.05) is 16.9 Å². The van der Waals surface area contributed by atoms with Crippen molar-refractivity contribution in [3.63, 3.8) is 0 Å². The third-order valence-electron chi connectivity index (χ3n) is 2.52. The van der Waals surface area contributed by atoms with E-state index in [1.54, 1.807) is 29.5 Å². The van der Waals surface area contributed by atoms with Gasteiger partial charge >= 0.3 is 0 Å². The summed E-state index contributed by atoms with van der Waals surface area (Å²) in [6, 6.07) is 5.29. The van der Waals surface area contributed by atoms with Crippen LogP contribution in [0.1, 0.15) is 20.9 Å². The average Bonchev–Trinajstić information content (AvgIpc) is 2.77. The number of hydrogen-bond acceptors (Lipinski definition) is 4. The second kappa shape index (κ2) is 6.11. The summed E-state index contributed by atoms with van der Waals surface area (Å²) in [5.74, 6) is 0.753. The number of nitrogens with zero attached hydrogens (tertiary/aromatic N) is 1. The number of hydrogen-bond donors (Lipinski definition) is 0. The van der Waals surface area contributed by atoms with Gasteiger partial charge in [-0.05, 0) is 41.1 Å². The highest BCUT2D eigenvalue weighted by Crippen LogP contribution is 2.25. The molecule has 0 aliphatic rings. The normalized spacial score (nSPS) is 10.3. The molecule has 0 saturated heterocycles. The largest absolute Gasteiger partial charge is 0.492 e. The van der Waals surface area contributed by atoms with Crippen LogP contribution >= 0.6 is 27.3 Å². The maximum atomic E-state index is 10.6. The molecule has 1 aromatic heterocycles. The summed E-state index contributed by atoms with van der Waals surface area (Å²) >= 11 is 5.03. The molecule has 3 nitrogen and oxygen atoms in total. The van der Waals surface area contributed by atoms with Gasteiger partial charge in [-0.3, -0.25) is 4.79 Å². The molecule has 0 atom stereocenters. The fraction of sp³-hybridized carbons (Fsp3) is 0.231. The summed E-state index contributed by atoms with van der Waals surface area (Å²) in [6.07, 6.45) is 1.66. The Morgan fingerprint density at radius 2 is 2.33 bits per heavy atom. The number of rotatable bonds is 5. The van der Waals surface area contributed by atoms with Crippen molar-refractivity contribution in [2.45, 2.75) is 13.3 Å². The van der Waals surface area contributed by atoms with E-state index in [0.717, 1.165) is 28.6 Å². The van der Waals surface area contributed by atoms with E-state index in [-0.39, 0.29) is 0 Å². The highest BCUT2D eigenvalue weighted by molar-refractivity contribution is 9.10. The van der Waals surface area contributed by atoms with Gasteiger partial charge < -0.3 is 4.74 Å². The van der Waals surface area contributed by atoms with Crippen molar-refractivity contribution in [1.29, 1.82) is 0 Å². The Morgan fingerprint density at radius 3 is 2.94 bits per heavy atom. The van der Waals surface area contributed by atoms with E-state index in [4.69, 9.17) is 4.74 Å². The van der Waals surface area contributed by atoms with Crippen molar-refractivity contribution in [3.05, 3.63) is 44.3 Å². The molecule has 94 valence electrons. The molecule has 0 unspecified atom stereocenters. The molecular formula is C13H12BrNO2S. The smallest absolute Gasteiger partial charge is 0.150 e. The van der Waals surface area contributed by atoms with E-state index in [9.17, 15) is 4.79 Å². The average molecular weight is 326 g/mol. The Balaban J connectivity index is 1.94. The van der Waals surface area contributed by atoms with Crippen LogP contribution in [0.4, 0.5) is 0 Å². The number of aldehydes is 1. The van der Waals surface area contributed by atoms with Crippen LogP contribution in [-0.2, 0) is 6.42 Å². The second-order valence-corrected chi connectivity index (χ2v) is 5.56.